The Hall–Kier alpha value is -1.36. The minimum Gasteiger partial charge on any atom is -0.370 e. The molecule has 1 aliphatic carbocycles. The van der Waals surface area contributed by atoms with Crippen LogP contribution in [0.2, 0.25) is 0 Å². The van der Waals surface area contributed by atoms with Crippen molar-refractivity contribution in [2.24, 2.45) is 0 Å². The Morgan fingerprint density at radius 1 is 1.36 bits per heavy atom. The summed E-state index contributed by atoms with van der Waals surface area (Å²) in [6.07, 6.45) is 4.30. The molecule has 0 atom stereocenters. The van der Waals surface area contributed by atoms with Gasteiger partial charge >= 0.3 is 5.69 Å². The van der Waals surface area contributed by atoms with E-state index in [-0.39, 0.29) is 0 Å². The lowest BCUT2D eigenvalue weighted by Gasteiger charge is -2.24. The molecule has 2 rings (SSSR count). The average Bonchev–Trinajstić information content (AvgIpc) is 2.52. The number of nitrogens with one attached hydrogen (secondary N) is 1. The van der Waals surface area contributed by atoms with E-state index < -0.39 is 17.0 Å². The number of aromatic nitrogens is 2. The first-order chi connectivity index (χ1) is 6.62. The maximum absolute atomic E-state index is 11.4. The molecule has 0 bridgehead atoms. The van der Waals surface area contributed by atoms with E-state index in [1.807, 2.05) is 0 Å². The van der Waals surface area contributed by atoms with Crippen LogP contribution in [-0.2, 0) is 5.72 Å². The summed E-state index contributed by atoms with van der Waals surface area (Å²) in [7, 11) is 0. The fraction of sp³-hybridized carbons (Fsp3) is 0.556. The smallest absolute Gasteiger partial charge is 0.330 e. The van der Waals surface area contributed by atoms with Crippen molar-refractivity contribution in [1.29, 1.82) is 0 Å². The Morgan fingerprint density at radius 3 is 2.57 bits per heavy atom. The van der Waals surface area contributed by atoms with E-state index >= 15 is 0 Å². The molecular weight excluding hydrogens is 184 g/mol. The van der Waals surface area contributed by atoms with Gasteiger partial charge in [0.2, 0.25) is 0 Å². The van der Waals surface area contributed by atoms with Crippen molar-refractivity contribution in [1.82, 2.24) is 9.55 Å². The summed E-state index contributed by atoms with van der Waals surface area (Å²) in [6.45, 7) is 0. The summed E-state index contributed by atoms with van der Waals surface area (Å²) >= 11 is 0. The second-order valence-corrected chi connectivity index (χ2v) is 3.67. The number of aromatic amines is 1. The standard InChI is InChI=1S/C9H12N2O3/c12-7-3-6-11(8(13)10-7)9(14)4-1-2-5-9/h3,6,14H,1-2,4-5H2,(H,10,12,13). The lowest BCUT2D eigenvalue weighted by atomic mass is 10.2. The number of nitrogens with zero attached hydrogens (tertiary/aromatic N) is 1. The van der Waals surface area contributed by atoms with Crippen LogP contribution in [0.4, 0.5) is 0 Å². The lowest BCUT2D eigenvalue weighted by molar-refractivity contribution is -0.0349. The summed E-state index contributed by atoms with van der Waals surface area (Å²) in [4.78, 5) is 24.3. The fourth-order valence-corrected chi connectivity index (χ4v) is 1.93. The van der Waals surface area contributed by atoms with E-state index in [2.05, 4.69) is 4.98 Å². The van der Waals surface area contributed by atoms with Gasteiger partial charge in [0.1, 0.15) is 5.72 Å². The highest BCUT2D eigenvalue weighted by molar-refractivity contribution is 4.90. The predicted octanol–water partition coefficient (Wildman–Crippen LogP) is -0.244. The molecule has 5 heteroatoms. The van der Waals surface area contributed by atoms with Crippen molar-refractivity contribution in [2.45, 2.75) is 31.4 Å². The molecule has 1 saturated carbocycles. The molecule has 1 aromatic heterocycles. The number of H-pyrrole nitrogens is 1. The molecule has 1 fully saturated rings. The Balaban J connectivity index is 2.51. The van der Waals surface area contributed by atoms with Gasteiger partial charge in [0.25, 0.3) is 5.56 Å². The number of rotatable bonds is 1. The first kappa shape index (κ1) is 9.21. The van der Waals surface area contributed by atoms with Gasteiger partial charge in [0.05, 0.1) is 0 Å². The van der Waals surface area contributed by atoms with E-state index in [1.54, 1.807) is 0 Å². The molecule has 0 spiro atoms. The normalized spacial score (nSPS) is 19.8. The third-order valence-corrected chi connectivity index (χ3v) is 2.68. The van der Waals surface area contributed by atoms with E-state index in [1.165, 1.54) is 16.8 Å². The van der Waals surface area contributed by atoms with Gasteiger partial charge in [-0.05, 0) is 25.7 Å². The van der Waals surface area contributed by atoms with E-state index in [0.717, 1.165) is 12.8 Å². The van der Waals surface area contributed by atoms with Crippen molar-refractivity contribution in [2.75, 3.05) is 0 Å². The van der Waals surface area contributed by atoms with Crippen LogP contribution in [0.5, 0.6) is 0 Å². The van der Waals surface area contributed by atoms with Crippen molar-refractivity contribution >= 4 is 0 Å². The first-order valence-electron chi connectivity index (χ1n) is 4.67. The molecular formula is C9H12N2O3. The molecule has 0 saturated heterocycles. The maximum atomic E-state index is 11.4. The highest BCUT2D eigenvalue weighted by atomic mass is 16.3. The van der Waals surface area contributed by atoms with E-state index in [4.69, 9.17) is 0 Å². The van der Waals surface area contributed by atoms with Crippen LogP contribution in [-0.4, -0.2) is 14.7 Å². The third kappa shape index (κ3) is 1.39. The minimum atomic E-state index is -1.10. The monoisotopic (exact) mass is 196 g/mol. The van der Waals surface area contributed by atoms with Crippen LogP contribution >= 0.6 is 0 Å². The van der Waals surface area contributed by atoms with Crippen molar-refractivity contribution in [3.8, 4) is 0 Å². The third-order valence-electron chi connectivity index (χ3n) is 2.68. The van der Waals surface area contributed by atoms with Gasteiger partial charge in [0, 0.05) is 12.3 Å². The molecule has 2 N–H and O–H groups in total. The van der Waals surface area contributed by atoms with Gasteiger partial charge in [-0.3, -0.25) is 14.3 Å². The van der Waals surface area contributed by atoms with Gasteiger partial charge in [-0.2, -0.15) is 0 Å². The average molecular weight is 196 g/mol. The van der Waals surface area contributed by atoms with Crippen LogP contribution < -0.4 is 11.2 Å². The Labute approximate surface area is 80.0 Å². The second-order valence-electron chi connectivity index (χ2n) is 3.67. The molecule has 0 aliphatic heterocycles. The Bertz CT molecular complexity index is 440. The zero-order valence-corrected chi connectivity index (χ0v) is 7.69. The van der Waals surface area contributed by atoms with E-state index in [0.29, 0.717) is 12.8 Å². The number of aliphatic hydroxyl groups is 1. The minimum absolute atomic E-state index is 0.437. The predicted molar refractivity (Wildman–Crippen MR) is 50.0 cm³/mol. The molecule has 1 heterocycles. The molecule has 0 unspecified atom stereocenters. The highest BCUT2D eigenvalue weighted by Gasteiger charge is 2.33. The molecule has 14 heavy (non-hydrogen) atoms. The van der Waals surface area contributed by atoms with Crippen LogP contribution in [0.1, 0.15) is 25.7 Å². The van der Waals surface area contributed by atoms with Crippen molar-refractivity contribution in [3.05, 3.63) is 33.1 Å². The molecule has 1 aliphatic rings. The molecule has 0 aromatic carbocycles. The van der Waals surface area contributed by atoms with Crippen molar-refractivity contribution < 1.29 is 5.11 Å². The zero-order chi connectivity index (χ0) is 10.2. The zero-order valence-electron chi connectivity index (χ0n) is 7.69. The number of hydrogen-bond acceptors (Lipinski definition) is 3. The van der Waals surface area contributed by atoms with Gasteiger partial charge in [-0.15, -0.1) is 0 Å². The maximum Gasteiger partial charge on any atom is 0.330 e. The fourth-order valence-electron chi connectivity index (χ4n) is 1.93. The van der Waals surface area contributed by atoms with Gasteiger partial charge in [-0.25, -0.2) is 4.79 Å². The lowest BCUT2D eigenvalue weighted by Crippen LogP contribution is -2.41. The van der Waals surface area contributed by atoms with Gasteiger partial charge < -0.3 is 5.11 Å². The van der Waals surface area contributed by atoms with Crippen LogP contribution in [0.25, 0.3) is 0 Å². The first-order valence-corrected chi connectivity index (χ1v) is 4.67. The highest BCUT2D eigenvalue weighted by Crippen LogP contribution is 2.32. The van der Waals surface area contributed by atoms with E-state index in [9.17, 15) is 14.7 Å². The molecule has 0 amide bonds. The Kier molecular flexibility index (Phi) is 2.03. The second kappa shape index (κ2) is 3.09. The summed E-state index contributed by atoms with van der Waals surface area (Å²) in [5.41, 5.74) is -2.07. The summed E-state index contributed by atoms with van der Waals surface area (Å²) < 4.78 is 1.21. The summed E-state index contributed by atoms with van der Waals surface area (Å²) in [5.74, 6) is 0. The van der Waals surface area contributed by atoms with Gasteiger partial charge in [0.15, 0.2) is 0 Å². The van der Waals surface area contributed by atoms with Crippen LogP contribution in [0.3, 0.4) is 0 Å². The summed E-state index contributed by atoms with van der Waals surface area (Å²) in [6, 6.07) is 1.25. The van der Waals surface area contributed by atoms with Crippen LogP contribution in [0.15, 0.2) is 21.9 Å². The number of hydrogen-bond donors (Lipinski definition) is 2. The largest absolute Gasteiger partial charge is 0.370 e. The molecule has 1 aromatic rings. The van der Waals surface area contributed by atoms with Crippen molar-refractivity contribution in [3.63, 3.8) is 0 Å². The van der Waals surface area contributed by atoms with Crippen LogP contribution in [0, 0.1) is 0 Å². The summed E-state index contributed by atoms with van der Waals surface area (Å²) in [5, 5.41) is 10.1. The SMILES string of the molecule is O=c1ccn(C2(O)CCCC2)c(=O)[nH]1. The molecule has 5 nitrogen and oxygen atoms in total. The quantitative estimate of drug-likeness (QED) is 0.650. The van der Waals surface area contributed by atoms with Gasteiger partial charge in [-0.1, -0.05) is 0 Å². The molecule has 0 radical (unpaired) electrons. The Morgan fingerprint density at radius 2 is 2.00 bits per heavy atom. The molecule has 76 valence electrons. The topological polar surface area (TPSA) is 75.1 Å².